The highest BCUT2D eigenvalue weighted by Crippen LogP contribution is 2.38. The van der Waals surface area contributed by atoms with E-state index in [9.17, 15) is 9.59 Å². The summed E-state index contributed by atoms with van der Waals surface area (Å²) in [6.45, 7) is 2.29. The summed E-state index contributed by atoms with van der Waals surface area (Å²) in [5.41, 5.74) is 3.01. The predicted molar refractivity (Wildman–Crippen MR) is 107 cm³/mol. The van der Waals surface area contributed by atoms with Crippen molar-refractivity contribution < 1.29 is 23.8 Å². The number of carbonyl (C=O) groups is 2. The van der Waals surface area contributed by atoms with Crippen LogP contribution in [0.3, 0.4) is 0 Å². The fourth-order valence-corrected chi connectivity index (χ4v) is 3.42. The summed E-state index contributed by atoms with van der Waals surface area (Å²) < 4.78 is 15.9. The Balaban J connectivity index is 1.87. The molecule has 0 saturated heterocycles. The van der Waals surface area contributed by atoms with Gasteiger partial charge in [-0.1, -0.05) is 0 Å². The number of nitrogens with zero attached hydrogens (tertiary/aromatic N) is 1. The molecule has 0 aromatic heterocycles. The molecule has 0 bridgehead atoms. The molecule has 7 nitrogen and oxygen atoms in total. The highest BCUT2D eigenvalue weighted by atomic mass is 16.5. The van der Waals surface area contributed by atoms with E-state index in [4.69, 9.17) is 14.2 Å². The van der Waals surface area contributed by atoms with Gasteiger partial charge in [-0.2, -0.15) is 0 Å². The van der Waals surface area contributed by atoms with Crippen molar-refractivity contribution in [1.29, 1.82) is 0 Å². The summed E-state index contributed by atoms with van der Waals surface area (Å²) in [4.78, 5) is 26.3. The van der Waals surface area contributed by atoms with E-state index in [0.29, 0.717) is 28.5 Å². The number of methoxy groups -OCH3 is 3. The van der Waals surface area contributed by atoms with E-state index < -0.39 is 0 Å². The van der Waals surface area contributed by atoms with Gasteiger partial charge in [-0.3, -0.25) is 9.59 Å². The molecule has 0 spiro atoms. The molecule has 0 saturated carbocycles. The molecule has 1 aliphatic heterocycles. The summed E-state index contributed by atoms with van der Waals surface area (Å²) in [5.74, 6) is 0.984. The number of carbonyl (C=O) groups excluding carboxylic acids is 2. The van der Waals surface area contributed by atoms with Gasteiger partial charge in [0.05, 0.1) is 21.3 Å². The van der Waals surface area contributed by atoms with Crippen LogP contribution in [0.15, 0.2) is 30.3 Å². The second kappa shape index (κ2) is 8.21. The van der Waals surface area contributed by atoms with Gasteiger partial charge >= 0.3 is 0 Å². The average molecular weight is 384 g/mol. The van der Waals surface area contributed by atoms with E-state index in [1.54, 1.807) is 30.0 Å². The Morgan fingerprint density at radius 2 is 1.68 bits per heavy atom. The van der Waals surface area contributed by atoms with Crippen LogP contribution < -0.4 is 24.4 Å². The monoisotopic (exact) mass is 384 g/mol. The van der Waals surface area contributed by atoms with Gasteiger partial charge < -0.3 is 24.4 Å². The molecular weight excluding hydrogens is 360 g/mol. The first-order valence-corrected chi connectivity index (χ1v) is 9.01. The van der Waals surface area contributed by atoms with Gasteiger partial charge in [0.1, 0.15) is 0 Å². The van der Waals surface area contributed by atoms with Crippen molar-refractivity contribution in [3.05, 3.63) is 41.5 Å². The number of anilines is 2. The SMILES string of the molecule is COc1cc(C(=O)Nc2ccc3c(c2)CCCN3C(C)=O)cc(OC)c1OC. The zero-order valence-electron chi connectivity index (χ0n) is 16.5. The van der Waals surface area contributed by atoms with E-state index in [-0.39, 0.29) is 11.8 Å². The number of hydrogen-bond acceptors (Lipinski definition) is 5. The first-order chi connectivity index (χ1) is 13.5. The molecule has 7 heteroatoms. The Morgan fingerprint density at radius 1 is 1.00 bits per heavy atom. The van der Waals surface area contributed by atoms with Gasteiger partial charge in [0.15, 0.2) is 11.5 Å². The van der Waals surface area contributed by atoms with Crippen molar-refractivity contribution >= 4 is 23.2 Å². The minimum absolute atomic E-state index is 0.0233. The van der Waals surface area contributed by atoms with Crippen LogP contribution >= 0.6 is 0 Å². The second-order valence-corrected chi connectivity index (χ2v) is 6.49. The molecule has 0 unspecified atom stereocenters. The fourth-order valence-electron chi connectivity index (χ4n) is 3.42. The molecule has 2 aromatic rings. The van der Waals surface area contributed by atoms with Gasteiger partial charge in [-0.25, -0.2) is 0 Å². The molecule has 1 heterocycles. The summed E-state index contributed by atoms with van der Waals surface area (Å²) in [7, 11) is 4.52. The molecule has 1 N–H and O–H groups in total. The minimum atomic E-state index is -0.293. The third kappa shape index (κ3) is 3.74. The average Bonchev–Trinajstić information content (AvgIpc) is 2.71. The lowest BCUT2D eigenvalue weighted by atomic mass is 10.0. The zero-order chi connectivity index (χ0) is 20.3. The lowest BCUT2D eigenvalue weighted by molar-refractivity contribution is -0.116. The Kier molecular flexibility index (Phi) is 5.73. The highest BCUT2D eigenvalue weighted by Gasteiger charge is 2.21. The summed E-state index contributed by atoms with van der Waals surface area (Å²) in [5, 5.41) is 2.90. The molecule has 3 rings (SSSR count). The van der Waals surface area contributed by atoms with Gasteiger partial charge in [0.25, 0.3) is 5.91 Å². The lowest BCUT2D eigenvalue weighted by Gasteiger charge is -2.29. The normalized spacial score (nSPS) is 12.8. The van der Waals surface area contributed by atoms with E-state index in [1.165, 1.54) is 21.3 Å². The highest BCUT2D eigenvalue weighted by molar-refractivity contribution is 6.05. The van der Waals surface area contributed by atoms with Crippen LogP contribution in [0.25, 0.3) is 0 Å². The number of rotatable bonds is 5. The molecule has 2 amide bonds. The van der Waals surface area contributed by atoms with Crippen LogP contribution in [-0.2, 0) is 11.2 Å². The van der Waals surface area contributed by atoms with Crippen LogP contribution in [0.5, 0.6) is 17.2 Å². The predicted octanol–water partition coefficient (Wildman–Crippen LogP) is 3.26. The fraction of sp³-hybridized carbons (Fsp3) is 0.333. The number of ether oxygens (including phenoxy) is 3. The van der Waals surface area contributed by atoms with Gasteiger partial charge in [0.2, 0.25) is 11.7 Å². The second-order valence-electron chi connectivity index (χ2n) is 6.49. The molecule has 0 fully saturated rings. The lowest BCUT2D eigenvalue weighted by Crippen LogP contribution is -2.33. The summed E-state index contributed by atoms with van der Waals surface area (Å²) in [6, 6.07) is 8.80. The van der Waals surface area contributed by atoms with Gasteiger partial charge in [-0.05, 0) is 48.7 Å². The maximum atomic E-state index is 12.8. The molecule has 0 atom stereocenters. The minimum Gasteiger partial charge on any atom is -0.493 e. The van der Waals surface area contributed by atoms with Crippen molar-refractivity contribution in [3.8, 4) is 17.2 Å². The summed E-state index contributed by atoms with van der Waals surface area (Å²) in [6.07, 6.45) is 1.77. The van der Waals surface area contributed by atoms with E-state index in [0.717, 1.165) is 30.6 Å². The van der Waals surface area contributed by atoms with Gasteiger partial charge in [-0.15, -0.1) is 0 Å². The number of benzene rings is 2. The van der Waals surface area contributed by atoms with Gasteiger partial charge in [0, 0.05) is 30.4 Å². The smallest absolute Gasteiger partial charge is 0.255 e. The first kappa shape index (κ1) is 19.5. The van der Waals surface area contributed by atoms with Crippen molar-refractivity contribution in [3.63, 3.8) is 0 Å². The van der Waals surface area contributed by atoms with E-state index >= 15 is 0 Å². The topological polar surface area (TPSA) is 77.1 Å². The largest absolute Gasteiger partial charge is 0.493 e. The quantitative estimate of drug-likeness (QED) is 0.856. The molecule has 1 aliphatic rings. The van der Waals surface area contributed by atoms with Crippen LogP contribution in [0.4, 0.5) is 11.4 Å². The van der Waals surface area contributed by atoms with Crippen LogP contribution in [0.1, 0.15) is 29.3 Å². The number of aryl methyl sites for hydroxylation is 1. The van der Waals surface area contributed by atoms with Crippen molar-refractivity contribution in [2.24, 2.45) is 0 Å². The Hall–Kier alpha value is -3.22. The Labute approximate surface area is 164 Å². The maximum Gasteiger partial charge on any atom is 0.255 e. The number of nitrogens with one attached hydrogen (secondary N) is 1. The number of amides is 2. The Morgan fingerprint density at radius 3 is 2.25 bits per heavy atom. The van der Waals surface area contributed by atoms with Crippen LogP contribution in [0.2, 0.25) is 0 Å². The van der Waals surface area contributed by atoms with E-state index in [1.807, 2.05) is 12.1 Å². The number of hydrogen-bond donors (Lipinski definition) is 1. The van der Waals surface area contributed by atoms with Crippen molar-refractivity contribution in [1.82, 2.24) is 0 Å². The Bertz CT molecular complexity index is 885. The van der Waals surface area contributed by atoms with Crippen molar-refractivity contribution in [2.75, 3.05) is 38.1 Å². The number of fused-ring (bicyclic) bond motifs is 1. The molecular formula is C21H24N2O5. The molecule has 2 aromatic carbocycles. The molecule has 28 heavy (non-hydrogen) atoms. The third-order valence-corrected chi connectivity index (χ3v) is 4.76. The summed E-state index contributed by atoms with van der Waals surface area (Å²) >= 11 is 0. The van der Waals surface area contributed by atoms with E-state index in [2.05, 4.69) is 5.32 Å². The zero-order valence-corrected chi connectivity index (χ0v) is 16.5. The molecule has 0 aliphatic carbocycles. The third-order valence-electron chi connectivity index (χ3n) is 4.76. The van der Waals surface area contributed by atoms with Crippen LogP contribution in [-0.4, -0.2) is 39.7 Å². The first-order valence-electron chi connectivity index (χ1n) is 9.01. The standard InChI is InChI=1S/C21H24N2O5/c1-13(24)23-9-5-6-14-10-16(7-8-17(14)23)22-21(25)15-11-18(26-2)20(28-4)19(12-15)27-3/h7-8,10-12H,5-6,9H2,1-4H3,(H,22,25). The maximum absolute atomic E-state index is 12.8. The molecule has 0 radical (unpaired) electrons. The van der Waals surface area contributed by atoms with Crippen molar-refractivity contribution in [2.45, 2.75) is 19.8 Å². The molecule has 148 valence electrons. The van der Waals surface area contributed by atoms with Crippen LogP contribution in [0, 0.1) is 0 Å².